The zero-order valence-corrected chi connectivity index (χ0v) is 9.66. The summed E-state index contributed by atoms with van der Waals surface area (Å²) in [5.41, 5.74) is 6.08. The van der Waals surface area contributed by atoms with Crippen LogP contribution in [0.5, 0.6) is 0 Å². The number of aliphatic hydroxyl groups is 1. The van der Waals surface area contributed by atoms with Crippen LogP contribution in [0.15, 0.2) is 0 Å². The minimum absolute atomic E-state index is 0.137. The van der Waals surface area contributed by atoms with Gasteiger partial charge in [-0.2, -0.15) is 0 Å². The van der Waals surface area contributed by atoms with Gasteiger partial charge in [-0.1, -0.05) is 13.8 Å². The van der Waals surface area contributed by atoms with Gasteiger partial charge in [-0.05, 0) is 31.7 Å². The van der Waals surface area contributed by atoms with Crippen molar-refractivity contribution in [3.63, 3.8) is 0 Å². The second-order valence-corrected chi connectivity index (χ2v) is 5.23. The molecule has 1 saturated heterocycles. The van der Waals surface area contributed by atoms with Gasteiger partial charge in [0.25, 0.3) is 0 Å². The van der Waals surface area contributed by atoms with E-state index in [2.05, 4.69) is 25.7 Å². The molecule has 1 aliphatic rings. The molecule has 0 aromatic rings. The number of aliphatic hydroxyl groups excluding tert-OH is 1. The molecule has 0 saturated carbocycles. The van der Waals surface area contributed by atoms with Gasteiger partial charge in [0.2, 0.25) is 0 Å². The first-order valence-electron chi connectivity index (χ1n) is 5.58. The van der Waals surface area contributed by atoms with E-state index in [9.17, 15) is 5.11 Å². The molecule has 1 fully saturated rings. The average Bonchev–Trinajstić information content (AvgIpc) is 2.50. The summed E-state index contributed by atoms with van der Waals surface area (Å²) in [6.45, 7) is 8.85. The van der Waals surface area contributed by atoms with Crippen molar-refractivity contribution in [2.24, 2.45) is 11.1 Å². The van der Waals surface area contributed by atoms with Gasteiger partial charge in [0.15, 0.2) is 0 Å². The van der Waals surface area contributed by atoms with E-state index in [0.717, 1.165) is 19.5 Å². The Morgan fingerprint density at radius 2 is 2.21 bits per heavy atom. The second kappa shape index (κ2) is 4.60. The lowest BCUT2D eigenvalue weighted by Gasteiger charge is -2.35. The van der Waals surface area contributed by atoms with Crippen LogP contribution in [0, 0.1) is 5.41 Å². The number of nitrogens with zero attached hydrogens (tertiary/aromatic N) is 1. The molecule has 0 aromatic heterocycles. The molecule has 84 valence electrons. The Labute approximate surface area is 87.3 Å². The lowest BCUT2D eigenvalue weighted by molar-refractivity contribution is 0.107. The van der Waals surface area contributed by atoms with Crippen LogP contribution in [0.1, 0.15) is 33.6 Å². The van der Waals surface area contributed by atoms with Gasteiger partial charge >= 0.3 is 0 Å². The quantitative estimate of drug-likeness (QED) is 0.706. The molecule has 3 nitrogen and oxygen atoms in total. The van der Waals surface area contributed by atoms with Gasteiger partial charge in [-0.25, -0.2) is 0 Å². The van der Waals surface area contributed by atoms with Crippen LogP contribution in [-0.4, -0.2) is 41.8 Å². The van der Waals surface area contributed by atoms with Crippen molar-refractivity contribution in [2.75, 3.05) is 19.7 Å². The Hall–Kier alpha value is -0.120. The summed E-state index contributed by atoms with van der Waals surface area (Å²) in [7, 11) is 0. The van der Waals surface area contributed by atoms with Crippen LogP contribution in [0.4, 0.5) is 0 Å². The fraction of sp³-hybridized carbons (Fsp3) is 1.00. The van der Waals surface area contributed by atoms with Crippen LogP contribution in [-0.2, 0) is 0 Å². The van der Waals surface area contributed by atoms with Crippen LogP contribution >= 0.6 is 0 Å². The summed E-state index contributed by atoms with van der Waals surface area (Å²) in [5.74, 6) is 0. The van der Waals surface area contributed by atoms with Crippen molar-refractivity contribution >= 4 is 0 Å². The van der Waals surface area contributed by atoms with Gasteiger partial charge in [-0.15, -0.1) is 0 Å². The van der Waals surface area contributed by atoms with Gasteiger partial charge < -0.3 is 10.8 Å². The fourth-order valence-electron chi connectivity index (χ4n) is 1.98. The minimum atomic E-state index is 0.137. The predicted molar refractivity (Wildman–Crippen MR) is 59.1 cm³/mol. The third-order valence-corrected chi connectivity index (χ3v) is 3.55. The number of hydrogen-bond acceptors (Lipinski definition) is 3. The Morgan fingerprint density at radius 1 is 1.57 bits per heavy atom. The summed E-state index contributed by atoms with van der Waals surface area (Å²) in [5, 5.41) is 9.20. The third-order valence-electron chi connectivity index (χ3n) is 3.55. The smallest absolute Gasteiger partial charge is 0.0586 e. The first-order valence-corrected chi connectivity index (χ1v) is 5.58. The summed E-state index contributed by atoms with van der Waals surface area (Å²) >= 11 is 0. The highest BCUT2D eigenvalue weighted by Crippen LogP contribution is 2.25. The number of nitrogens with two attached hydrogens (primary N) is 1. The maximum atomic E-state index is 9.20. The first-order chi connectivity index (χ1) is 6.47. The Kier molecular flexibility index (Phi) is 3.93. The molecule has 2 unspecified atom stereocenters. The highest BCUT2D eigenvalue weighted by Gasteiger charge is 2.31. The number of hydrogen-bond donors (Lipinski definition) is 2. The van der Waals surface area contributed by atoms with Gasteiger partial charge in [0.05, 0.1) is 6.61 Å². The normalized spacial score (nSPS) is 26.8. The second-order valence-electron chi connectivity index (χ2n) is 5.23. The van der Waals surface area contributed by atoms with Gasteiger partial charge in [-0.3, -0.25) is 4.90 Å². The van der Waals surface area contributed by atoms with Crippen LogP contribution in [0.2, 0.25) is 0 Å². The zero-order chi connectivity index (χ0) is 10.8. The molecule has 1 rings (SSSR count). The summed E-state index contributed by atoms with van der Waals surface area (Å²) in [4.78, 5) is 2.38. The average molecular weight is 200 g/mol. The number of rotatable bonds is 4. The molecule has 1 aliphatic heterocycles. The molecule has 14 heavy (non-hydrogen) atoms. The standard InChI is InChI=1S/C11H24N2O/c1-9(12)11(2,3)8-13-6-4-5-10(13)7-14/h9-10,14H,4-8,12H2,1-3H3. The van der Waals surface area contributed by atoms with E-state index in [-0.39, 0.29) is 18.1 Å². The van der Waals surface area contributed by atoms with E-state index >= 15 is 0 Å². The van der Waals surface area contributed by atoms with Crippen molar-refractivity contribution in [2.45, 2.75) is 45.7 Å². The van der Waals surface area contributed by atoms with E-state index in [1.807, 2.05) is 0 Å². The largest absolute Gasteiger partial charge is 0.395 e. The van der Waals surface area contributed by atoms with E-state index in [4.69, 9.17) is 5.73 Å². The lowest BCUT2D eigenvalue weighted by Crippen LogP contribution is -2.46. The fourth-order valence-corrected chi connectivity index (χ4v) is 1.98. The van der Waals surface area contributed by atoms with Crippen molar-refractivity contribution < 1.29 is 5.11 Å². The Morgan fingerprint density at radius 3 is 2.71 bits per heavy atom. The first kappa shape index (κ1) is 12.0. The topological polar surface area (TPSA) is 49.5 Å². The predicted octanol–water partition coefficient (Wildman–Crippen LogP) is 0.816. The molecule has 0 aliphatic carbocycles. The molecule has 2 atom stereocenters. The van der Waals surface area contributed by atoms with Crippen molar-refractivity contribution in [3.8, 4) is 0 Å². The molecular weight excluding hydrogens is 176 g/mol. The van der Waals surface area contributed by atoms with E-state index in [1.54, 1.807) is 0 Å². The van der Waals surface area contributed by atoms with Crippen LogP contribution < -0.4 is 5.73 Å². The maximum Gasteiger partial charge on any atom is 0.0586 e. The maximum absolute atomic E-state index is 9.20. The van der Waals surface area contributed by atoms with Crippen molar-refractivity contribution in [1.29, 1.82) is 0 Å². The highest BCUT2D eigenvalue weighted by atomic mass is 16.3. The Bertz CT molecular complexity index is 180. The Balaban J connectivity index is 2.50. The summed E-state index contributed by atoms with van der Waals surface area (Å²) in [6, 6.07) is 0.565. The van der Waals surface area contributed by atoms with Crippen LogP contribution in [0.3, 0.4) is 0 Å². The molecule has 0 amide bonds. The third kappa shape index (κ3) is 2.69. The van der Waals surface area contributed by atoms with Crippen molar-refractivity contribution in [3.05, 3.63) is 0 Å². The monoisotopic (exact) mass is 200 g/mol. The molecule has 3 heteroatoms. The van der Waals surface area contributed by atoms with E-state index < -0.39 is 0 Å². The van der Waals surface area contributed by atoms with Gasteiger partial charge in [0, 0.05) is 18.6 Å². The molecule has 1 heterocycles. The van der Waals surface area contributed by atoms with E-state index in [1.165, 1.54) is 6.42 Å². The molecule has 0 spiro atoms. The zero-order valence-electron chi connectivity index (χ0n) is 9.66. The SMILES string of the molecule is CC(N)C(C)(C)CN1CCCC1CO. The molecule has 0 aromatic carbocycles. The van der Waals surface area contributed by atoms with Crippen LogP contribution in [0.25, 0.3) is 0 Å². The summed E-state index contributed by atoms with van der Waals surface area (Å²) in [6.07, 6.45) is 2.34. The molecule has 3 N–H and O–H groups in total. The highest BCUT2D eigenvalue weighted by molar-refractivity contribution is 4.87. The lowest BCUT2D eigenvalue weighted by atomic mass is 9.85. The summed E-state index contributed by atoms with van der Waals surface area (Å²) < 4.78 is 0. The molecular formula is C11H24N2O. The van der Waals surface area contributed by atoms with E-state index in [0.29, 0.717) is 6.04 Å². The number of likely N-dealkylation sites (tertiary alicyclic amines) is 1. The molecule has 0 radical (unpaired) electrons. The van der Waals surface area contributed by atoms with Crippen molar-refractivity contribution in [1.82, 2.24) is 4.90 Å². The van der Waals surface area contributed by atoms with Gasteiger partial charge in [0.1, 0.15) is 0 Å². The minimum Gasteiger partial charge on any atom is -0.395 e. The molecule has 0 bridgehead atoms.